The van der Waals surface area contributed by atoms with Crippen LogP contribution >= 0.6 is 12.6 Å². The van der Waals surface area contributed by atoms with E-state index in [0.29, 0.717) is 0 Å². The Labute approximate surface area is 68.3 Å². The van der Waals surface area contributed by atoms with Crippen LogP contribution < -0.4 is 0 Å². The summed E-state index contributed by atoms with van der Waals surface area (Å²) in [5.41, 5.74) is 0. The maximum atomic E-state index is 5.00. The van der Waals surface area contributed by atoms with Gasteiger partial charge < -0.3 is 9.47 Å². The highest BCUT2D eigenvalue weighted by Gasteiger charge is 2.02. The lowest BCUT2D eigenvalue weighted by Gasteiger charge is -2.11. The van der Waals surface area contributed by atoms with E-state index in [-0.39, 0.29) is 6.29 Å². The van der Waals surface area contributed by atoms with Gasteiger partial charge in [-0.05, 0) is 25.0 Å². The second-order valence-corrected chi connectivity index (χ2v) is 2.57. The van der Waals surface area contributed by atoms with Gasteiger partial charge in [0.25, 0.3) is 0 Å². The highest BCUT2D eigenvalue weighted by molar-refractivity contribution is 7.80. The summed E-state index contributed by atoms with van der Waals surface area (Å²) in [5.74, 6) is 0.945. The molecule has 0 unspecified atom stereocenters. The average Bonchev–Trinajstić information content (AvgIpc) is 1.99. The Kier molecular flexibility index (Phi) is 7.58. The smallest absolute Gasteiger partial charge is 0.156 e. The van der Waals surface area contributed by atoms with E-state index in [1.54, 1.807) is 14.2 Å². The number of rotatable bonds is 6. The molecule has 0 aliphatic carbocycles. The number of unbranched alkanes of at least 4 members (excludes halogenated alkanes) is 1. The second kappa shape index (κ2) is 7.38. The third kappa shape index (κ3) is 5.09. The molecule has 10 heavy (non-hydrogen) atoms. The molecular weight excluding hydrogens is 148 g/mol. The van der Waals surface area contributed by atoms with Crippen molar-refractivity contribution in [2.75, 3.05) is 20.0 Å². The third-order valence-electron chi connectivity index (χ3n) is 1.37. The van der Waals surface area contributed by atoms with Crippen LogP contribution in [-0.4, -0.2) is 26.3 Å². The molecule has 62 valence electrons. The van der Waals surface area contributed by atoms with E-state index in [4.69, 9.17) is 9.47 Å². The zero-order valence-electron chi connectivity index (χ0n) is 6.67. The lowest BCUT2D eigenvalue weighted by molar-refractivity contribution is -0.106. The molecule has 0 saturated carbocycles. The molecule has 0 bridgehead atoms. The summed E-state index contributed by atoms with van der Waals surface area (Å²) in [6.07, 6.45) is 3.19. The number of ether oxygens (including phenoxy) is 2. The van der Waals surface area contributed by atoms with Gasteiger partial charge in [-0.3, -0.25) is 0 Å². The Balaban J connectivity index is 3.09. The molecule has 0 N–H and O–H groups in total. The Morgan fingerprint density at radius 2 is 1.80 bits per heavy atom. The molecule has 0 aromatic rings. The van der Waals surface area contributed by atoms with E-state index in [9.17, 15) is 0 Å². The summed E-state index contributed by atoms with van der Waals surface area (Å²) in [5, 5.41) is 0. The van der Waals surface area contributed by atoms with Gasteiger partial charge in [0, 0.05) is 14.2 Å². The molecular formula is C7H16O2S. The third-order valence-corrected chi connectivity index (χ3v) is 1.69. The Morgan fingerprint density at radius 3 is 2.20 bits per heavy atom. The van der Waals surface area contributed by atoms with Crippen molar-refractivity contribution < 1.29 is 9.47 Å². The van der Waals surface area contributed by atoms with Crippen molar-refractivity contribution in [2.45, 2.75) is 25.6 Å². The molecule has 0 heterocycles. The summed E-state index contributed by atoms with van der Waals surface area (Å²) >= 11 is 4.10. The fourth-order valence-electron chi connectivity index (χ4n) is 0.755. The zero-order valence-corrected chi connectivity index (χ0v) is 7.56. The summed E-state index contributed by atoms with van der Waals surface area (Å²) in [7, 11) is 3.32. The number of methoxy groups -OCH3 is 2. The van der Waals surface area contributed by atoms with Gasteiger partial charge in [0.2, 0.25) is 0 Å². The maximum Gasteiger partial charge on any atom is 0.156 e. The van der Waals surface area contributed by atoms with E-state index in [0.717, 1.165) is 25.0 Å². The first-order valence-electron chi connectivity index (χ1n) is 3.51. The van der Waals surface area contributed by atoms with Crippen LogP contribution in [0.15, 0.2) is 0 Å². The maximum absolute atomic E-state index is 5.00. The number of hydrogen-bond acceptors (Lipinski definition) is 3. The minimum absolute atomic E-state index is 0.0279. The van der Waals surface area contributed by atoms with Crippen LogP contribution in [0, 0.1) is 0 Å². The first kappa shape index (κ1) is 10.3. The molecule has 0 amide bonds. The normalized spacial score (nSPS) is 10.8. The van der Waals surface area contributed by atoms with Crippen LogP contribution in [0.3, 0.4) is 0 Å². The van der Waals surface area contributed by atoms with Crippen LogP contribution in [0.25, 0.3) is 0 Å². The molecule has 0 aliphatic heterocycles. The predicted molar refractivity (Wildman–Crippen MR) is 45.5 cm³/mol. The molecule has 0 aromatic heterocycles. The molecule has 0 radical (unpaired) electrons. The molecule has 0 rings (SSSR count). The molecule has 3 heteroatoms. The van der Waals surface area contributed by atoms with E-state index < -0.39 is 0 Å². The van der Waals surface area contributed by atoms with Crippen molar-refractivity contribution in [1.29, 1.82) is 0 Å². The van der Waals surface area contributed by atoms with E-state index in [2.05, 4.69) is 12.6 Å². The van der Waals surface area contributed by atoms with Gasteiger partial charge in [0.15, 0.2) is 6.29 Å². The van der Waals surface area contributed by atoms with Crippen LogP contribution in [0.4, 0.5) is 0 Å². The van der Waals surface area contributed by atoms with Gasteiger partial charge >= 0.3 is 0 Å². The van der Waals surface area contributed by atoms with Crippen LogP contribution in [0.5, 0.6) is 0 Å². The van der Waals surface area contributed by atoms with Crippen LogP contribution in [-0.2, 0) is 9.47 Å². The molecule has 0 aromatic carbocycles. The van der Waals surface area contributed by atoms with Crippen LogP contribution in [0.2, 0.25) is 0 Å². The first-order chi connectivity index (χ1) is 4.85. The minimum Gasteiger partial charge on any atom is -0.356 e. The standard InChI is InChI=1S/C7H16O2S/c1-8-7(9-2)5-3-4-6-10/h7,10H,3-6H2,1-2H3. The van der Waals surface area contributed by atoms with Gasteiger partial charge in [0.1, 0.15) is 0 Å². The Hall–Kier alpha value is 0.270. The molecule has 0 spiro atoms. The van der Waals surface area contributed by atoms with Crippen molar-refractivity contribution >= 4 is 12.6 Å². The summed E-state index contributed by atoms with van der Waals surface area (Å²) in [4.78, 5) is 0. The molecule has 0 saturated heterocycles. The quantitative estimate of drug-likeness (QED) is 0.366. The average molecular weight is 164 g/mol. The van der Waals surface area contributed by atoms with Gasteiger partial charge in [-0.2, -0.15) is 12.6 Å². The molecule has 0 fully saturated rings. The van der Waals surface area contributed by atoms with E-state index >= 15 is 0 Å². The summed E-state index contributed by atoms with van der Waals surface area (Å²) < 4.78 is 10.00. The fraction of sp³-hybridized carbons (Fsp3) is 1.00. The van der Waals surface area contributed by atoms with Crippen molar-refractivity contribution in [1.82, 2.24) is 0 Å². The summed E-state index contributed by atoms with van der Waals surface area (Å²) in [6.45, 7) is 0. The Bertz CT molecular complexity index is 64.6. The van der Waals surface area contributed by atoms with E-state index in [1.165, 1.54) is 0 Å². The van der Waals surface area contributed by atoms with Gasteiger partial charge in [-0.15, -0.1) is 0 Å². The van der Waals surface area contributed by atoms with Gasteiger partial charge in [0.05, 0.1) is 0 Å². The first-order valence-corrected chi connectivity index (χ1v) is 4.14. The van der Waals surface area contributed by atoms with E-state index in [1.807, 2.05) is 0 Å². The van der Waals surface area contributed by atoms with Gasteiger partial charge in [-0.25, -0.2) is 0 Å². The zero-order chi connectivity index (χ0) is 7.82. The highest BCUT2D eigenvalue weighted by Crippen LogP contribution is 2.04. The molecule has 0 aliphatic rings. The Morgan fingerprint density at radius 1 is 1.20 bits per heavy atom. The lowest BCUT2D eigenvalue weighted by atomic mass is 10.2. The van der Waals surface area contributed by atoms with Crippen LogP contribution in [0.1, 0.15) is 19.3 Å². The predicted octanol–water partition coefficient (Wildman–Crippen LogP) is 1.71. The summed E-state index contributed by atoms with van der Waals surface area (Å²) in [6, 6.07) is 0. The minimum atomic E-state index is -0.0279. The number of thiol groups is 1. The lowest BCUT2D eigenvalue weighted by Crippen LogP contribution is -2.12. The van der Waals surface area contributed by atoms with Gasteiger partial charge in [-0.1, -0.05) is 0 Å². The topological polar surface area (TPSA) is 18.5 Å². The monoisotopic (exact) mass is 164 g/mol. The number of hydrogen-bond donors (Lipinski definition) is 1. The fourth-order valence-corrected chi connectivity index (χ4v) is 0.978. The van der Waals surface area contributed by atoms with Crippen molar-refractivity contribution in [3.63, 3.8) is 0 Å². The van der Waals surface area contributed by atoms with Crippen molar-refractivity contribution in [2.24, 2.45) is 0 Å². The second-order valence-electron chi connectivity index (χ2n) is 2.12. The molecule has 0 atom stereocenters. The van der Waals surface area contributed by atoms with Crippen molar-refractivity contribution in [3.8, 4) is 0 Å². The van der Waals surface area contributed by atoms with Crippen molar-refractivity contribution in [3.05, 3.63) is 0 Å². The largest absolute Gasteiger partial charge is 0.356 e. The molecule has 2 nitrogen and oxygen atoms in total. The SMILES string of the molecule is COC(CCCCS)OC. The highest BCUT2D eigenvalue weighted by atomic mass is 32.1.